The molecule has 1 aromatic heterocycles. The van der Waals surface area contributed by atoms with Gasteiger partial charge in [-0.05, 0) is 37.1 Å². The highest BCUT2D eigenvalue weighted by atomic mass is 32.2. The number of rotatable bonds is 5. The summed E-state index contributed by atoms with van der Waals surface area (Å²) in [6.07, 6.45) is 0. The Morgan fingerprint density at radius 3 is 2.38 bits per heavy atom. The molecule has 1 aliphatic rings. The van der Waals surface area contributed by atoms with Gasteiger partial charge < -0.3 is 4.52 Å². The van der Waals surface area contributed by atoms with Crippen LogP contribution in [0.15, 0.2) is 57.9 Å². The van der Waals surface area contributed by atoms with Crippen LogP contribution in [0.2, 0.25) is 0 Å². The Balaban J connectivity index is 1.38. The van der Waals surface area contributed by atoms with Crippen LogP contribution in [-0.4, -0.2) is 53.9 Å². The molecule has 2 heterocycles. The second kappa shape index (κ2) is 8.06. The van der Waals surface area contributed by atoms with E-state index in [0.29, 0.717) is 49.3 Å². The van der Waals surface area contributed by atoms with Crippen LogP contribution in [0.1, 0.15) is 17.0 Å². The largest absolute Gasteiger partial charge is 0.338 e. The minimum absolute atomic E-state index is 0.360. The molecule has 1 saturated heterocycles. The summed E-state index contributed by atoms with van der Waals surface area (Å²) in [4.78, 5) is 6.95. The number of hydrogen-bond acceptors (Lipinski definition) is 6. The number of benzene rings is 2. The molecule has 0 spiro atoms. The van der Waals surface area contributed by atoms with Crippen molar-refractivity contribution < 1.29 is 12.9 Å². The van der Waals surface area contributed by atoms with Crippen molar-refractivity contribution in [1.29, 1.82) is 0 Å². The fourth-order valence-corrected chi connectivity index (χ4v) is 4.87. The molecule has 0 aliphatic carbocycles. The molecule has 152 valence electrons. The first kappa shape index (κ1) is 19.8. The number of hydrogen-bond donors (Lipinski definition) is 0. The van der Waals surface area contributed by atoms with Crippen LogP contribution in [-0.2, 0) is 16.6 Å². The zero-order valence-corrected chi connectivity index (χ0v) is 17.4. The zero-order valence-electron chi connectivity index (χ0n) is 16.6. The van der Waals surface area contributed by atoms with E-state index in [0.717, 1.165) is 16.7 Å². The minimum atomic E-state index is -3.47. The Kier molecular flexibility index (Phi) is 5.49. The number of aromatic nitrogens is 2. The third-order valence-corrected chi connectivity index (χ3v) is 7.20. The van der Waals surface area contributed by atoms with Gasteiger partial charge in [0.2, 0.25) is 21.7 Å². The van der Waals surface area contributed by atoms with Gasteiger partial charge in [-0.2, -0.15) is 9.29 Å². The smallest absolute Gasteiger partial charge is 0.243 e. The van der Waals surface area contributed by atoms with E-state index in [-0.39, 0.29) is 0 Å². The third-order valence-electron chi connectivity index (χ3n) is 5.31. The Morgan fingerprint density at radius 1 is 0.966 bits per heavy atom. The van der Waals surface area contributed by atoms with Gasteiger partial charge in [0.25, 0.3) is 0 Å². The lowest BCUT2D eigenvalue weighted by Crippen LogP contribution is -2.48. The normalized spacial score (nSPS) is 16.2. The van der Waals surface area contributed by atoms with E-state index in [4.69, 9.17) is 4.52 Å². The first-order valence-electron chi connectivity index (χ1n) is 9.61. The van der Waals surface area contributed by atoms with Crippen molar-refractivity contribution in [3.05, 3.63) is 65.5 Å². The van der Waals surface area contributed by atoms with Crippen molar-refractivity contribution >= 4 is 10.0 Å². The van der Waals surface area contributed by atoms with E-state index >= 15 is 0 Å². The van der Waals surface area contributed by atoms with Gasteiger partial charge in [0.05, 0.1) is 11.4 Å². The van der Waals surface area contributed by atoms with Gasteiger partial charge in [-0.1, -0.05) is 41.6 Å². The standard InChI is InChI=1S/C21H24N4O3S/c1-16-8-9-19(14-17(16)2)29(26,27)25-12-10-24(11-13-25)15-20-22-21(23-28-20)18-6-4-3-5-7-18/h3-9,14H,10-13,15H2,1-2H3. The predicted molar refractivity (Wildman–Crippen MR) is 110 cm³/mol. The van der Waals surface area contributed by atoms with Crippen molar-refractivity contribution in [2.75, 3.05) is 26.2 Å². The Morgan fingerprint density at radius 2 is 1.69 bits per heavy atom. The second-order valence-corrected chi connectivity index (χ2v) is 9.24. The van der Waals surface area contributed by atoms with Gasteiger partial charge in [-0.3, -0.25) is 4.90 Å². The summed E-state index contributed by atoms with van der Waals surface area (Å²) in [5.41, 5.74) is 2.98. The second-order valence-electron chi connectivity index (χ2n) is 7.30. The van der Waals surface area contributed by atoms with Crippen molar-refractivity contribution in [2.45, 2.75) is 25.3 Å². The molecule has 1 fully saturated rings. The Labute approximate surface area is 171 Å². The Bertz CT molecular complexity index is 1090. The summed E-state index contributed by atoms with van der Waals surface area (Å²) < 4.78 is 32.8. The molecule has 0 radical (unpaired) electrons. The van der Waals surface area contributed by atoms with Gasteiger partial charge >= 0.3 is 0 Å². The molecule has 8 heteroatoms. The summed E-state index contributed by atoms with van der Waals surface area (Å²) in [7, 11) is -3.47. The molecule has 0 saturated carbocycles. The van der Waals surface area contributed by atoms with Gasteiger partial charge in [-0.15, -0.1) is 0 Å². The number of sulfonamides is 1. The van der Waals surface area contributed by atoms with Crippen LogP contribution in [0, 0.1) is 13.8 Å². The highest BCUT2D eigenvalue weighted by Gasteiger charge is 2.29. The quantitative estimate of drug-likeness (QED) is 0.641. The molecular formula is C21H24N4O3S. The predicted octanol–water partition coefficient (Wildman–Crippen LogP) is 2.86. The Hall–Kier alpha value is -2.55. The topological polar surface area (TPSA) is 79.5 Å². The molecule has 0 N–H and O–H groups in total. The van der Waals surface area contributed by atoms with Crippen molar-refractivity contribution in [3.63, 3.8) is 0 Å². The van der Waals surface area contributed by atoms with E-state index in [1.807, 2.05) is 50.2 Å². The molecule has 2 aromatic carbocycles. The summed E-state index contributed by atoms with van der Waals surface area (Å²) in [6, 6.07) is 15.0. The van der Waals surface area contributed by atoms with Gasteiger partial charge in [0.1, 0.15) is 0 Å². The van der Waals surface area contributed by atoms with Crippen LogP contribution in [0.5, 0.6) is 0 Å². The van der Waals surface area contributed by atoms with Gasteiger partial charge in [0.15, 0.2) is 0 Å². The molecule has 0 amide bonds. The van der Waals surface area contributed by atoms with Crippen molar-refractivity contribution in [1.82, 2.24) is 19.3 Å². The van der Waals surface area contributed by atoms with E-state index < -0.39 is 10.0 Å². The van der Waals surface area contributed by atoms with Crippen molar-refractivity contribution in [3.8, 4) is 11.4 Å². The van der Waals surface area contributed by atoms with E-state index in [1.54, 1.807) is 16.4 Å². The third kappa shape index (κ3) is 4.24. The number of nitrogens with zero attached hydrogens (tertiary/aromatic N) is 4. The summed E-state index contributed by atoms with van der Waals surface area (Å²) in [5, 5.41) is 4.04. The molecule has 3 aromatic rings. The highest BCUT2D eigenvalue weighted by Crippen LogP contribution is 2.21. The van der Waals surface area contributed by atoms with Gasteiger partial charge in [0, 0.05) is 31.7 Å². The monoisotopic (exact) mass is 412 g/mol. The summed E-state index contributed by atoms with van der Waals surface area (Å²) in [5.74, 6) is 1.10. The first-order valence-corrected chi connectivity index (χ1v) is 11.1. The molecule has 0 unspecified atom stereocenters. The SMILES string of the molecule is Cc1ccc(S(=O)(=O)N2CCN(Cc3nc(-c4ccccc4)no3)CC2)cc1C. The lowest BCUT2D eigenvalue weighted by atomic mass is 10.1. The van der Waals surface area contributed by atoms with Crippen LogP contribution in [0.25, 0.3) is 11.4 Å². The zero-order chi connectivity index (χ0) is 20.4. The van der Waals surface area contributed by atoms with Crippen LogP contribution >= 0.6 is 0 Å². The van der Waals surface area contributed by atoms with Crippen LogP contribution in [0.4, 0.5) is 0 Å². The molecule has 7 nitrogen and oxygen atoms in total. The van der Waals surface area contributed by atoms with Crippen LogP contribution in [0.3, 0.4) is 0 Å². The molecule has 0 atom stereocenters. The number of aryl methyl sites for hydroxylation is 2. The number of piperazine rings is 1. The maximum atomic E-state index is 12.9. The lowest BCUT2D eigenvalue weighted by Gasteiger charge is -2.33. The molecule has 4 rings (SSSR count). The molecular weight excluding hydrogens is 388 g/mol. The maximum absolute atomic E-state index is 12.9. The highest BCUT2D eigenvalue weighted by molar-refractivity contribution is 7.89. The lowest BCUT2D eigenvalue weighted by molar-refractivity contribution is 0.163. The molecule has 1 aliphatic heterocycles. The molecule has 0 bridgehead atoms. The first-order chi connectivity index (χ1) is 13.9. The average Bonchev–Trinajstić information content (AvgIpc) is 3.19. The summed E-state index contributed by atoms with van der Waals surface area (Å²) >= 11 is 0. The molecule has 29 heavy (non-hydrogen) atoms. The minimum Gasteiger partial charge on any atom is -0.338 e. The fourth-order valence-electron chi connectivity index (χ4n) is 3.37. The average molecular weight is 413 g/mol. The van der Waals surface area contributed by atoms with E-state index in [9.17, 15) is 8.42 Å². The van der Waals surface area contributed by atoms with E-state index in [2.05, 4.69) is 15.0 Å². The van der Waals surface area contributed by atoms with E-state index in [1.165, 1.54) is 0 Å². The maximum Gasteiger partial charge on any atom is 0.243 e. The van der Waals surface area contributed by atoms with Crippen molar-refractivity contribution in [2.24, 2.45) is 0 Å². The summed E-state index contributed by atoms with van der Waals surface area (Å²) in [6.45, 7) is 6.53. The van der Waals surface area contributed by atoms with Gasteiger partial charge in [-0.25, -0.2) is 8.42 Å². The fraction of sp³-hybridized carbons (Fsp3) is 0.333. The van der Waals surface area contributed by atoms with Crippen LogP contribution < -0.4 is 0 Å².